The van der Waals surface area contributed by atoms with Gasteiger partial charge in [-0.05, 0) is 12.3 Å². The van der Waals surface area contributed by atoms with Crippen LogP contribution in [0.4, 0.5) is 0 Å². The Hall–Kier alpha value is -3.26. The zero-order valence-electron chi connectivity index (χ0n) is 17.9. The van der Waals surface area contributed by atoms with Crippen molar-refractivity contribution < 1.29 is 44.1 Å². The quantitative estimate of drug-likeness (QED) is 0.120. The van der Waals surface area contributed by atoms with Crippen molar-refractivity contribution in [1.29, 1.82) is 0 Å². The van der Waals surface area contributed by atoms with Gasteiger partial charge in [-0.2, -0.15) is 0 Å². The molecule has 0 aliphatic rings. The third kappa shape index (κ3) is 10.2. The Labute approximate surface area is 184 Å². The molecule has 0 aromatic heterocycles. The fourth-order valence-corrected chi connectivity index (χ4v) is 2.51. The number of aliphatic hydroxyl groups is 1. The van der Waals surface area contributed by atoms with Crippen LogP contribution >= 0.6 is 0 Å². The maximum atomic E-state index is 12.7. The highest BCUT2D eigenvalue weighted by atomic mass is 16.4. The zero-order chi connectivity index (χ0) is 25.0. The van der Waals surface area contributed by atoms with Crippen LogP contribution in [-0.2, 0) is 28.8 Å². The maximum Gasteiger partial charge on any atom is 0.326 e. The lowest BCUT2D eigenvalue weighted by molar-refractivity contribution is -0.144. The highest BCUT2D eigenvalue weighted by molar-refractivity contribution is 5.95. The van der Waals surface area contributed by atoms with E-state index in [2.05, 4.69) is 16.0 Å². The van der Waals surface area contributed by atoms with Gasteiger partial charge in [0.25, 0.3) is 0 Å². The van der Waals surface area contributed by atoms with Gasteiger partial charge in [-0.25, -0.2) is 4.79 Å². The predicted octanol–water partition coefficient (Wildman–Crippen LogP) is -3.37. The van der Waals surface area contributed by atoms with Gasteiger partial charge in [-0.3, -0.25) is 24.0 Å². The smallest absolute Gasteiger partial charge is 0.326 e. The first-order valence-corrected chi connectivity index (χ1v) is 9.84. The highest BCUT2D eigenvalue weighted by Gasteiger charge is 2.32. The third-order valence-corrected chi connectivity index (χ3v) is 4.63. The summed E-state index contributed by atoms with van der Waals surface area (Å²) in [4.78, 5) is 70.8. The van der Waals surface area contributed by atoms with Gasteiger partial charge in [-0.15, -0.1) is 0 Å². The van der Waals surface area contributed by atoms with Crippen LogP contribution < -0.4 is 27.4 Å². The highest BCUT2D eigenvalue weighted by Crippen LogP contribution is 2.09. The SMILES string of the molecule is CCC(C)C(NC(=O)C(CCC(N)=O)NC(=O)C(CC(=O)O)NC(=O)C(N)CO)C(=O)O. The van der Waals surface area contributed by atoms with E-state index in [4.69, 9.17) is 21.7 Å². The minimum Gasteiger partial charge on any atom is -0.481 e. The fraction of sp³-hybridized carbons (Fsp3) is 0.667. The number of hydrogen-bond acceptors (Lipinski definition) is 8. The average molecular weight is 461 g/mol. The lowest BCUT2D eigenvalue weighted by Crippen LogP contribution is -2.58. The van der Waals surface area contributed by atoms with Gasteiger partial charge in [0, 0.05) is 6.42 Å². The van der Waals surface area contributed by atoms with Crippen LogP contribution in [-0.4, -0.2) is 81.7 Å². The Morgan fingerprint density at radius 1 is 0.906 bits per heavy atom. The first-order chi connectivity index (χ1) is 14.8. The first kappa shape index (κ1) is 28.7. The predicted molar refractivity (Wildman–Crippen MR) is 109 cm³/mol. The van der Waals surface area contributed by atoms with Crippen molar-refractivity contribution in [3.05, 3.63) is 0 Å². The van der Waals surface area contributed by atoms with Gasteiger partial charge >= 0.3 is 11.9 Å². The van der Waals surface area contributed by atoms with E-state index in [0.29, 0.717) is 6.42 Å². The van der Waals surface area contributed by atoms with Crippen LogP contribution in [0.15, 0.2) is 0 Å². The van der Waals surface area contributed by atoms with E-state index in [0.717, 1.165) is 0 Å². The molecule has 0 aromatic rings. The molecule has 14 nitrogen and oxygen atoms in total. The van der Waals surface area contributed by atoms with E-state index < -0.39 is 78.7 Å². The van der Waals surface area contributed by atoms with E-state index in [9.17, 15) is 33.9 Å². The summed E-state index contributed by atoms with van der Waals surface area (Å²) < 4.78 is 0. The van der Waals surface area contributed by atoms with Gasteiger partial charge in [0.1, 0.15) is 24.2 Å². The number of carboxylic acids is 2. The van der Waals surface area contributed by atoms with Crippen molar-refractivity contribution in [2.24, 2.45) is 17.4 Å². The van der Waals surface area contributed by atoms with Crippen LogP contribution in [0.5, 0.6) is 0 Å². The second-order valence-electron chi connectivity index (χ2n) is 7.22. The number of carbonyl (C=O) groups excluding carboxylic acids is 4. The van der Waals surface area contributed by atoms with Gasteiger partial charge in [-0.1, -0.05) is 20.3 Å². The summed E-state index contributed by atoms with van der Waals surface area (Å²) in [5.41, 5.74) is 10.4. The molecule has 4 amide bonds. The molecule has 0 saturated carbocycles. The minimum atomic E-state index is -1.66. The number of aliphatic hydroxyl groups excluding tert-OH is 1. The summed E-state index contributed by atoms with van der Waals surface area (Å²) in [6.45, 7) is 2.55. The fourth-order valence-electron chi connectivity index (χ4n) is 2.51. The number of aliphatic carboxylic acids is 2. The Morgan fingerprint density at radius 3 is 1.88 bits per heavy atom. The number of hydrogen-bond donors (Lipinski definition) is 8. The van der Waals surface area contributed by atoms with Crippen molar-refractivity contribution >= 4 is 35.6 Å². The molecule has 182 valence electrons. The molecule has 0 aromatic carbocycles. The van der Waals surface area contributed by atoms with Crippen LogP contribution in [0, 0.1) is 5.92 Å². The number of carbonyl (C=O) groups is 6. The molecular weight excluding hydrogens is 430 g/mol. The molecule has 0 saturated heterocycles. The Balaban J connectivity index is 5.60. The molecular formula is C18H31N5O9. The van der Waals surface area contributed by atoms with E-state index in [1.807, 2.05) is 0 Å². The molecule has 0 bridgehead atoms. The molecule has 32 heavy (non-hydrogen) atoms. The minimum absolute atomic E-state index is 0.302. The van der Waals surface area contributed by atoms with Crippen LogP contribution in [0.3, 0.4) is 0 Å². The standard InChI is InChI=1S/C18H31N5O9/c1-3-8(2)14(18(31)32)23-16(29)10(4-5-12(20)25)21-17(30)11(6-13(26)27)22-15(28)9(19)7-24/h8-11,14,24H,3-7,19H2,1-2H3,(H2,20,25)(H,21,30)(H,22,28)(H,23,29)(H,26,27)(H,31,32). The van der Waals surface area contributed by atoms with Crippen molar-refractivity contribution in [2.45, 2.75) is 63.7 Å². The molecule has 0 heterocycles. The van der Waals surface area contributed by atoms with Crippen molar-refractivity contribution in [1.82, 2.24) is 16.0 Å². The van der Waals surface area contributed by atoms with E-state index in [-0.39, 0.29) is 12.8 Å². The summed E-state index contributed by atoms with van der Waals surface area (Å²) in [6, 6.07) is -5.80. The zero-order valence-corrected chi connectivity index (χ0v) is 17.9. The van der Waals surface area contributed by atoms with Crippen LogP contribution in [0.25, 0.3) is 0 Å². The van der Waals surface area contributed by atoms with Crippen LogP contribution in [0.1, 0.15) is 39.5 Å². The molecule has 0 radical (unpaired) electrons. The Morgan fingerprint density at radius 2 is 1.44 bits per heavy atom. The second-order valence-corrected chi connectivity index (χ2v) is 7.22. The average Bonchev–Trinajstić information content (AvgIpc) is 2.71. The number of nitrogens with two attached hydrogens (primary N) is 2. The van der Waals surface area contributed by atoms with E-state index >= 15 is 0 Å². The Bertz CT molecular complexity index is 715. The summed E-state index contributed by atoms with van der Waals surface area (Å²) in [6.07, 6.45) is -1.09. The lowest BCUT2D eigenvalue weighted by atomic mass is 9.98. The first-order valence-electron chi connectivity index (χ1n) is 9.84. The van der Waals surface area contributed by atoms with Crippen LogP contribution in [0.2, 0.25) is 0 Å². The molecule has 5 atom stereocenters. The lowest BCUT2D eigenvalue weighted by Gasteiger charge is -2.26. The number of carboxylic acid groups (broad SMARTS) is 2. The molecule has 0 rings (SSSR count). The van der Waals surface area contributed by atoms with E-state index in [1.165, 1.54) is 0 Å². The number of amides is 4. The Kier molecular flexibility index (Phi) is 12.5. The van der Waals surface area contributed by atoms with Crippen molar-refractivity contribution in [3.63, 3.8) is 0 Å². The maximum absolute atomic E-state index is 12.7. The van der Waals surface area contributed by atoms with E-state index in [1.54, 1.807) is 13.8 Å². The molecule has 0 aliphatic heterocycles. The van der Waals surface area contributed by atoms with Crippen molar-refractivity contribution in [2.75, 3.05) is 6.61 Å². The number of primary amides is 1. The molecule has 5 unspecified atom stereocenters. The van der Waals surface area contributed by atoms with Gasteiger partial charge in [0.2, 0.25) is 23.6 Å². The molecule has 0 aliphatic carbocycles. The summed E-state index contributed by atoms with van der Waals surface area (Å²) in [7, 11) is 0. The molecule has 14 heteroatoms. The monoisotopic (exact) mass is 461 g/mol. The summed E-state index contributed by atoms with van der Waals surface area (Å²) in [5.74, 6) is -7.04. The van der Waals surface area contributed by atoms with Gasteiger partial charge in [0.15, 0.2) is 0 Å². The number of rotatable bonds is 15. The topological polar surface area (TPSA) is 251 Å². The normalized spacial score (nSPS) is 15.4. The van der Waals surface area contributed by atoms with Crippen molar-refractivity contribution in [3.8, 4) is 0 Å². The second kappa shape index (κ2) is 13.9. The largest absolute Gasteiger partial charge is 0.481 e. The van der Waals surface area contributed by atoms with Gasteiger partial charge in [0.05, 0.1) is 13.0 Å². The third-order valence-electron chi connectivity index (χ3n) is 4.63. The molecule has 0 spiro atoms. The van der Waals surface area contributed by atoms with Gasteiger partial charge < -0.3 is 42.7 Å². The number of nitrogens with one attached hydrogen (secondary N) is 3. The molecule has 10 N–H and O–H groups in total. The summed E-state index contributed by atoms with van der Waals surface area (Å²) in [5, 5.41) is 33.8. The molecule has 0 fully saturated rings. The summed E-state index contributed by atoms with van der Waals surface area (Å²) >= 11 is 0.